The number of nitrogens with zero attached hydrogens (tertiary/aromatic N) is 5. The Morgan fingerprint density at radius 1 is 1.06 bits per heavy atom. The first-order valence-electron chi connectivity index (χ1n) is 18.0. The third-order valence-corrected chi connectivity index (χ3v) is 10.5. The molecule has 1 fully saturated rings. The van der Waals surface area contributed by atoms with E-state index in [1.165, 1.54) is 25.3 Å². The van der Waals surface area contributed by atoms with Gasteiger partial charge in [0.2, 0.25) is 5.88 Å². The van der Waals surface area contributed by atoms with E-state index in [-0.39, 0.29) is 12.5 Å². The van der Waals surface area contributed by atoms with Gasteiger partial charge in [0.1, 0.15) is 18.2 Å². The summed E-state index contributed by atoms with van der Waals surface area (Å²) in [5.74, 6) is 1.85. The number of carbonyl (C=O) groups is 1. The van der Waals surface area contributed by atoms with Crippen molar-refractivity contribution in [2.75, 3.05) is 18.4 Å². The monoisotopic (exact) mass is 717 g/mol. The molecule has 8 rings (SSSR count). The van der Waals surface area contributed by atoms with Crippen molar-refractivity contribution in [3.05, 3.63) is 118 Å². The number of ether oxygens (including phenoxy) is 1. The Balaban J connectivity index is 0.966. The van der Waals surface area contributed by atoms with Crippen molar-refractivity contribution in [3.8, 4) is 5.88 Å². The van der Waals surface area contributed by atoms with Crippen LogP contribution in [0.2, 0.25) is 5.02 Å². The second-order valence-corrected chi connectivity index (χ2v) is 14.7. The van der Waals surface area contributed by atoms with Crippen molar-refractivity contribution in [1.82, 2.24) is 29.6 Å². The average Bonchev–Trinajstić information content (AvgIpc) is 3.70. The first-order valence-corrected chi connectivity index (χ1v) is 18.4. The van der Waals surface area contributed by atoms with Gasteiger partial charge >= 0.3 is 0 Å². The Morgan fingerprint density at radius 3 is 2.71 bits per heavy atom. The third-order valence-electron chi connectivity index (χ3n) is 10.3. The Kier molecular flexibility index (Phi) is 9.51. The van der Waals surface area contributed by atoms with E-state index in [4.69, 9.17) is 26.3 Å². The molecule has 9 nitrogen and oxygen atoms in total. The van der Waals surface area contributed by atoms with Crippen LogP contribution in [0.5, 0.6) is 5.88 Å². The van der Waals surface area contributed by atoms with E-state index in [2.05, 4.69) is 44.9 Å². The summed E-state index contributed by atoms with van der Waals surface area (Å²) in [6.45, 7) is 7.57. The fourth-order valence-electron chi connectivity index (χ4n) is 7.08. The van der Waals surface area contributed by atoms with E-state index in [9.17, 15) is 9.18 Å². The minimum atomic E-state index is -0.397. The lowest BCUT2D eigenvalue weighted by Gasteiger charge is -2.29. The summed E-state index contributed by atoms with van der Waals surface area (Å²) >= 11 is 5.89. The quantitative estimate of drug-likeness (QED) is 0.139. The molecule has 2 N–H and O–H groups in total. The Morgan fingerprint density at radius 2 is 1.94 bits per heavy atom. The first kappa shape index (κ1) is 34.0. The van der Waals surface area contributed by atoms with Crippen LogP contribution in [0.25, 0.3) is 27.5 Å². The highest BCUT2D eigenvalue weighted by Gasteiger charge is 2.24. The number of nitrogens with one attached hydrogen (secondary N) is 2. The fraction of sp³-hybridized carbons (Fsp3) is 0.317. The Hall–Kier alpha value is -5.06. The summed E-state index contributed by atoms with van der Waals surface area (Å²) in [6, 6.07) is 21.9. The van der Waals surface area contributed by atoms with Crippen LogP contribution in [0.15, 0.2) is 78.9 Å². The molecule has 11 heteroatoms. The maximum Gasteiger partial charge on any atom is 0.255 e. The normalized spacial score (nSPS) is 15.3. The molecule has 0 atom stereocenters. The minimum Gasteiger partial charge on any atom is -0.473 e. The molecule has 52 heavy (non-hydrogen) atoms. The number of anilines is 1. The Bertz CT molecular complexity index is 2310. The lowest BCUT2D eigenvalue weighted by molar-refractivity contribution is 0.102. The van der Waals surface area contributed by atoms with Crippen molar-refractivity contribution >= 4 is 50.7 Å². The molecule has 0 radical (unpaired) electrons. The summed E-state index contributed by atoms with van der Waals surface area (Å²) in [4.78, 5) is 25.7. The van der Waals surface area contributed by atoms with Crippen LogP contribution in [-0.4, -0.2) is 48.6 Å². The van der Waals surface area contributed by atoms with E-state index in [0.29, 0.717) is 40.4 Å². The van der Waals surface area contributed by atoms with Gasteiger partial charge in [-0.25, -0.2) is 14.4 Å². The van der Waals surface area contributed by atoms with E-state index in [1.807, 2.05) is 48.5 Å². The highest BCUT2D eigenvalue weighted by molar-refractivity contribution is 6.30. The molecule has 1 amide bonds. The number of carbonyl (C=O) groups excluding carboxylic acids is 1. The minimum absolute atomic E-state index is 0.0712. The molecule has 1 saturated carbocycles. The number of halogens is 2. The lowest BCUT2D eigenvalue weighted by Crippen LogP contribution is -2.30. The van der Waals surface area contributed by atoms with Crippen LogP contribution in [0.1, 0.15) is 78.6 Å². The molecule has 6 aromatic rings. The van der Waals surface area contributed by atoms with E-state index in [0.717, 1.165) is 76.5 Å². The molecule has 0 bridgehead atoms. The highest BCUT2D eigenvalue weighted by atomic mass is 35.5. The van der Waals surface area contributed by atoms with Crippen LogP contribution in [-0.2, 0) is 19.7 Å². The average molecular weight is 718 g/mol. The van der Waals surface area contributed by atoms with Crippen LogP contribution in [0.3, 0.4) is 0 Å². The lowest BCUT2D eigenvalue weighted by atomic mass is 9.85. The SMILES string of the molecule is CC(C)c1[nH]nc2ccc(NC(=O)c3ccc4c(c3)nc(CN3CC=C(c5cccc(OCc6ccc(Cl)cc6F)n5)CC3)n4CC3CCC3)cc12. The molecule has 1 aliphatic carbocycles. The number of pyridine rings is 1. The van der Waals surface area contributed by atoms with Gasteiger partial charge in [-0.05, 0) is 91.3 Å². The number of H-pyrrole nitrogens is 1. The molecule has 1 aliphatic heterocycles. The summed E-state index contributed by atoms with van der Waals surface area (Å²) in [5, 5.41) is 12.0. The molecule has 3 aromatic heterocycles. The molecular weight excluding hydrogens is 677 g/mol. The first-order chi connectivity index (χ1) is 25.3. The predicted octanol–water partition coefficient (Wildman–Crippen LogP) is 9.14. The fourth-order valence-corrected chi connectivity index (χ4v) is 7.24. The number of rotatable bonds is 11. The second-order valence-electron chi connectivity index (χ2n) is 14.2. The molecule has 0 unspecified atom stereocenters. The predicted molar refractivity (Wildman–Crippen MR) is 203 cm³/mol. The van der Waals surface area contributed by atoms with Gasteiger partial charge in [-0.3, -0.25) is 14.8 Å². The van der Waals surface area contributed by atoms with Crippen molar-refractivity contribution in [2.24, 2.45) is 5.92 Å². The zero-order valence-corrected chi connectivity index (χ0v) is 30.1. The molecule has 3 aromatic carbocycles. The van der Waals surface area contributed by atoms with Gasteiger partial charge in [0, 0.05) is 58.6 Å². The van der Waals surface area contributed by atoms with Gasteiger partial charge < -0.3 is 14.6 Å². The smallest absolute Gasteiger partial charge is 0.255 e. The summed E-state index contributed by atoms with van der Waals surface area (Å²) in [7, 11) is 0. The van der Waals surface area contributed by atoms with Crippen molar-refractivity contribution in [2.45, 2.75) is 65.1 Å². The highest BCUT2D eigenvalue weighted by Crippen LogP contribution is 2.32. The maximum absolute atomic E-state index is 14.2. The van der Waals surface area contributed by atoms with Gasteiger partial charge in [-0.2, -0.15) is 5.10 Å². The van der Waals surface area contributed by atoms with Gasteiger partial charge in [-0.1, -0.05) is 50.1 Å². The number of imidazole rings is 1. The van der Waals surface area contributed by atoms with Crippen LogP contribution in [0.4, 0.5) is 10.1 Å². The second kappa shape index (κ2) is 14.5. The summed E-state index contributed by atoms with van der Waals surface area (Å²) < 4.78 is 22.4. The van der Waals surface area contributed by atoms with E-state index in [1.54, 1.807) is 18.2 Å². The molecule has 4 heterocycles. The molecular formula is C41H41ClFN7O2. The Labute approximate surface area is 306 Å². The van der Waals surface area contributed by atoms with Gasteiger partial charge in [-0.15, -0.1) is 0 Å². The molecule has 2 aliphatic rings. The summed E-state index contributed by atoms with van der Waals surface area (Å²) in [6.07, 6.45) is 6.80. The number of amides is 1. The van der Waals surface area contributed by atoms with Crippen LogP contribution < -0.4 is 10.1 Å². The standard InChI is InChI=1S/C41H41ClFN7O2/c1-25(2)40-32-21-31(12-13-35(32)47-48-40)44-41(51)28-10-14-37-36(19-28)45-38(50(37)22-26-5-3-6-26)23-49-17-15-27(16-18-49)34-7-4-8-39(46-34)52-24-29-9-11-30(42)20-33(29)43/h4,7-15,19-21,25-26H,3,5-6,16-18,22-24H2,1-2H3,(H,44,51)(H,47,48). The number of benzene rings is 3. The number of aromatic nitrogens is 5. The van der Waals surface area contributed by atoms with Crippen LogP contribution >= 0.6 is 11.6 Å². The zero-order chi connectivity index (χ0) is 35.8. The van der Waals surface area contributed by atoms with Gasteiger partial charge in [0.15, 0.2) is 0 Å². The number of aromatic amines is 1. The largest absolute Gasteiger partial charge is 0.473 e. The number of hydrogen-bond acceptors (Lipinski definition) is 6. The number of fused-ring (bicyclic) bond motifs is 2. The zero-order valence-electron chi connectivity index (χ0n) is 29.3. The maximum atomic E-state index is 14.2. The van der Waals surface area contributed by atoms with E-state index >= 15 is 0 Å². The van der Waals surface area contributed by atoms with E-state index < -0.39 is 5.82 Å². The molecule has 266 valence electrons. The summed E-state index contributed by atoms with van der Waals surface area (Å²) in [5.41, 5.74) is 7.59. The third kappa shape index (κ3) is 7.18. The van der Waals surface area contributed by atoms with Crippen LogP contribution in [0, 0.1) is 11.7 Å². The molecule has 0 saturated heterocycles. The van der Waals surface area contributed by atoms with Crippen molar-refractivity contribution in [1.29, 1.82) is 0 Å². The van der Waals surface area contributed by atoms with Crippen molar-refractivity contribution in [3.63, 3.8) is 0 Å². The van der Waals surface area contributed by atoms with Crippen molar-refractivity contribution < 1.29 is 13.9 Å². The van der Waals surface area contributed by atoms with Gasteiger partial charge in [0.05, 0.1) is 28.8 Å². The number of hydrogen-bond donors (Lipinski definition) is 2. The molecule has 0 spiro atoms. The van der Waals surface area contributed by atoms with Gasteiger partial charge in [0.25, 0.3) is 5.91 Å². The topological polar surface area (TPSA) is 101 Å².